The van der Waals surface area contributed by atoms with Gasteiger partial charge in [-0.15, -0.1) is 5.10 Å². The van der Waals surface area contributed by atoms with Crippen molar-refractivity contribution in [1.29, 1.82) is 5.26 Å². The molecule has 0 spiro atoms. The summed E-state index contributed by atoms with van der Waals surface area (Å²) >= 11 is 0. The number of nitrogens with one attached hydrogen (secondary N) is 1. The zero-order valence-corrected chi connectivity index (χ0v) is 13.6. The third kappa shape index (κ3) is 2.03. The Labute approximate surface area is 143 Å². The Morgan fingerprint density at radius 2 is 2.24 bits per heavy atom. The Morgan fingerprint density at radius 1 is 1.44 bits per heavy atom. The summed E-state index contributed by atoms with van der Waals surface area (Å²) in [5.41, 5.74) is 0.903. The van der Waals surface area contributed by atoms with Crippen molar-refractivity contribution in [2.24, 2.45) is 5.92 Å². The molecule has 2 N–H and O–H groups in total. The van der Waals surface area contributed by atoms with E-state index < -0.39 is 11.9 Å². The van der Waals surface area contributed by atoms with Gasteiger partial charge in [-0.3, -0.25) is 0 Å². The first-order chi connectivity index (χ1) is 12.1. The molecule has 7 nitrogen and oxygen atoms in total. The lowest BCUT2D eigenvalue weighted by Crippen LogP contribution is -2.56. The summed E-state index contributed by atoms with van der Waals surface area (Å²) in [5.74, 6) is 0.489. The van der Waals surface area contributed by atoms with Crippen molar-refractivity contribution >= 4 is 11.5 Å². The van der Waals surface area contributed by atoms with Gasteiger partial charge in [0.05, 0.1) is 30.6 Å². The Hall–Kier alpha value is -2.24. The topological polar surface area (TPSA) is 95.5 Å². The highest BCUT2D eigenvalue weighted by Crippen LogP contribution is 2.65. The molecule has 3 aliphatic carbocycles. The lowest BCUT2D eigenvalue weighted by Gasteiger charge is -2.61. The minimum absolute atomic E-state index is 0.0932. The van der Waals surface area contributed by atoms with Crippen LogP contribution in [0.5, 0.6) is 0 Å². The largest absolute Gasteiger partial charge is 0.389 e. The van der Waals surface area contributed by atoms with Crippen LogP contribution in [0.25, 0.3) is 5.52 Å². The standard InChI is InChI=1S/C17H18FN5O2/c18-14-10(6-19)15(17-3-9(4-17)5-17)23-12(14)7-20-16(22-23)21-11-1-2-25-8-13(11)24/h7,9,11,13,24H,1-5,8H2,(H,21,22)/t9?,11-,13-,17?/m1/s1. The van der Waals surface area contributed by atoms with Crippen LogP contribution < -0.4 is 5.32 Å². The van der Waals surface area contributed by atoms with E-state index in [0.29, 0.717) is 30.6 Å². The van der Waals surface area contributed by atoms with E-state index in [4.69, 9.17) is 4.74 Å². The highest BCUT2D eigenvalue weighted by Gasteiger charge is 2.60. The Balaban J connectivity index is 1.57. The van der Waals surface area contributed by atoms with E-state index in [2.05, 4.69) is 15.4 Å². The second-order valence-electron chi connectivity index (χ2n) is 7.47. The second kappa shape index (κ2) is 5.13. The number of rotatable bonds is 3. The molecule has 0 radical (unpaired) electrons. The van der Waals surface area contributed by atoms with E-state index in [1.807, 2.05) is 6.07 Å². The molecule has 2 aromatic heterocycles. The molecule has 4 fully saturated rings. The summed E-state index contributed by atoms with van der Waals surface area (Å²) in [7, 11) is 0. The summed E-state index contributed by atoms with van der Waals surface area (Å²) in [6.07, 6.45) is 4.41. The molecule has 2 bridgehead atoms. The average molecular weight is 343 g/mol. The summed E-state index contributed by atoms with van der Waals surface area (Å²) in [6.45, 7) is 0.829. The number of halogens is 1. The van der Waals surface area contributed by atoms with E-state index in [1.165, 1.54) is 6.20 Å². The molecule has 2 atom stereocenters. The number of nitriles is 1. The fourth-order valence-corrected chi connectivity index (χ4v) is 4.49. The first-order valence-electron chi connectivity index (χ1n) is 8.61. The molecule has 1 saturated heterocycles. The van der Waals surface area contributed by atoms with Crippen molar-refractivity contribution in [3.63, 3.8) is 0 Å². The van der Waals surface area contributed by atoms with E-state index >= 15 is 0 Å². The second-order valence-corrected chi connectivity index (χ2v) is 7.47. The lowest BCUT2D eigenvalue weighted by atomic mass is 9.43. The number of nitrogens with zero attached hydrogens (tertiary/aromatic N) is 4. The number of hydrogen-bond acceptors (Lipinski definition) is 6. The summed E-state index contributed by atoms with van der Waals surface area (Å²) in [6, 6.07) is 1.81. The van der Waals surface area contributed by atoms with Gasteiger partial charge in [0.15, 0.2) is 5.82 Å². The Bertz CT molecular complexity index is 888. The SMILES string of the molecule is N#Cc1c(F)c2cnc(N[C@@H]3CCOC[C@H]3O)nn2c1C12CC(C1)C2. The van der Waals surface area contributed by atoms with Gasteiger partial charge in [0.2, 0.25) is 5.95 Å². The number of ether oxygens (including phenoxy) is 1. The molecule has 0 unspecified atom stereocenters. The van der Waals surface area contributed by atoms with Gasteiger partial charge in [-0.25, -0.2) is 13.9 Å². The minimum Gasteiger partial charge on any atom is -0.389 e. The number of hydrogen-bond donors (Lipinski definition) is 2. The van der Waals surface area contributed by atoms with Gasteiger partial charge >= 0.3 is 0 Å². The minimum atomic E-state index is -0.638. The molecule has 8 heteroatoms. The number of aromatic nitrogens is 3. The van der Waals surface area contributed by atoms with Crippen LogP contribution in [-0.2, 0) is 10.2 Å². The van der Waals surface area contributed by atoms with Gasteiger partial charge in [-0.05, 0) is 31.6 Å². The molecule has 2 aromatic rings. The summed E-state index contributed by atoms with van der Waals surface area (Å²) in [5, 5.41) is 27.0. The molecule has 1 aliphatic heterocycles. The number of anilines is 1. The fraction of sp³-hybridized carbons (Fsp3) is 0.588. The predicted molar refractivity (Wildman–Crippen MR) is 85.5 cm³/mol. The maximum absolute atomic E-state index is 14.7. The van der Waals surface area contributed by atoms with Crippen molar-refractivity contribution in [1.82, 2.24) is 14.6 Å². The highest BCUT2D eigenvalue weighted by atomic mass is 19.1. The molecule has 130 valence electrons. The highest BCUT2D eigenvalue weighted by molar-refractivity contribution is 5.60. The van der Waals surface area contributed by atoms with Crippen molar-refractivity contribution < 1.29 is 14.2 Å². The van der Waals surface area contributed by atoms with E-state index in [0.717, 1.165) is 19.3 Å². The first-order valence-corrected chi connectivity index (χ1v) is 8.61. The van der Waals surface area contributed by atoms with Crippen molar-refractivity contribution in [2.45, 2.75) is 43.2 Å². The van der Waals surface area contributed by atoms with Crippen molar-refractivity contribution in [2.75, 3.05) is 18.5 Å². The zero-order chi connectivity index (χ0) is 17.2. The third-order valence-corrected chi connectivity index (χ3v) is 5.92. The maximum atomic E-state index is 14.7. The lowest BCUT2D eigenvalue weighted by molar-refractivity contribution is -0.0324. The molecule has 3 heterocycles. The number of aliphatic hydroxyl groups excluding tert-OH is 1. The van der Waals surface area contributed by atoms with Gasteiger partial charge in [0.1, 0.15) is 17.1 Å². The summed E-state index contributed by atoms with van der Waals surface area (Å²) in [4.78, 5) is 4.18. The fourth-order valence-electron chi connectivity index (χ4n) is 4.49. The van der Waals surface area contributed by atoms with Crippen LogP contribution in [0.15, 0.2) is 6.20 Å². The molecule has 25 heavy (non-hydrogen) atoms. The smallest absolute Gasteiger partial charge is 0.241 e. The maximum Gasteiger partial charge on any atom is 0.241 e. The van der Waals surface area contributed by atoms with Crippen LogP contribution >= 0.6 is 0 Å². The predicted octanol–water partition coefficient (Wildman–Crippen LogP) is 1.35. The quantitative estimate of drug-likeness (QED) is 0.873. The van der Waals surface area contributed by atoms with Crippen LogP contribution in [-0.4, -0.2) is 45.1 Å². The van der Waals surface area contributed by atoms with Crippen LogP contribution in [0.2, 0.25) is 0 Å². The van der Waals surface area contributed by atoms with Gasteiger partial charge in [0, 0.05) is 12.0 Å². The number of aliphatic hydroxyl groups is 1. The molecule has 6 rings (SSSR count). The molecular weight excluding hydrogens is 325 g/mol. The van der Waals surface area contributed by atoms with Gasteiger partial charge in [-0.1, -0.05) is 0 Å². The van der Waals surface area contributed by atoms with E-state index in [-0.39, 0.29) is 29.1 Å². The average Bonchev–Trinajstić information content (AvgIpc) is 2.79. The molecule has 0 aromatic carbocycles. The van der Waals surface area contributed by atoms with Crippen LogP contribution in [0.4, 0.5) is 10.3 Å². The van der Waals surface area contributed by atoms with Gasteiger partial charge < -0.3 is 15.2 Å². The van der Waals surface area contributed by atoms with Gasteiger partial charge in [-0.2, -0.15) is 5.26 Å². The monoisotopic (exact) mass is 343 g/mol. The van der Waals surface area contributed by atoms with E-state index in [1.54, 1.807) is 4.52 Å². The normalized spacial score (nSPS) is 33.4. The van der Waals surface area contributed by atoms with Crippen LogP contribution in [0, 0.1) is 23.1 Å². The van der Waals surface area contributed by atoms with E-state index in [9.17, 15) is 14.8 Å². The van der Waals surface area contributed by atoms with Crippen LogP contribution in [0.3, 0.4) is 0 Å². The molecule has 4 aliphatic rings. The van der Waals surface area contributed by atoms with Crippen LogP contribution in [0.1, 0.15) is 36.9 Å². The molecular formula is C17H18FN5O2. The third-order valence-electron chi connectivity index (χ3n) is 5.92. The van der Waals surface area contributed by atoms with Crippen molar-refractivity contribution in [3.8, 4) is 6.07 Å². The summed E-state index contributed by atoms with van der Waals surface area (Å²) < 4.78 is 21.4. The molecule has 3 saturated carbocycles. The van der Waals surface area contributed by atoms with Crippen molar-refractivity contribution in [3.05, 3.63) is 23.3 Å². The molecule has 0 amide bonds. The zero-order valence-electron chi connectivity index (χ0n) is 13.6. The first kappa shape index (κ1) is 15.0. The van der Waals surface area contributed by atoms with Gasteiger partial charge in [0.25, 0.3) is 0 Å². The number of fused-ring (bicyclic) bond motifs is 1. The Kier molecular flexibility index (Phi) is 3.09. The Morgan fingerprint density at radius 3 is 2.88 bits per heavy atom.